The van der Waals surface area contributed by atoms with E-state index in [-0.39, 0.29) is 6.10 Å². The highest BCUT2D eigenvalue weighted by atomic mass is 16.5. The van der Waals surface area contributed by atoms with Gasteiger partial charge in [-0.2, -0.15) is 0 Å². The van der Waals surface area contributed by atoms with Crippen molar-refractivity contribution >= 4 is 16.7 Å². The Kier molecular flexibility index (Phi) is 5.97. The average Bonchev–Trinajstić information content (AvgIpc) is 2.74. The number of methoxy groups -OCH3 is 1. The zero-order valence-corrected chi connectivity index (χ0v) is 17.2. The number of hydrogen-bond acceptors (Lipinski definition) is 5. The van der Waals surface area contributed by atoms with Crippen LogP contribution in [0.3, 0.4) is 0 Å². The standard InChI is InChI=1S/C24H29N3O2/c1-17-7-8-18-14-20(16-25-15-19-5-3-4-6-23(19)29-2)24(26-22(18)13-17)27-11-9-21(28)10-12-27/h3-8,13-14,21,25,28H,9-12,15-16H2,1-2H3. The summed E-state index contributed by atoms with van der Waals surface area (Å²) in [4.78, 5) is 7.34. The molecule has 5 heteroatoms. The first-order valence-corrected chi connectivity index (χ1v) is 10.3. The minimum absolute atomic E-state index is 0.193. The Bertz CT molecular complexity index is 981. The summed E-state index contributed by atoms with van der Waals surface area (Å²) in [6, 6.07) is 16.8. The molecular formula is C24H29N3O2. The first-order valence-electron chi connectivity index (χ1n) is 10.3. The molecule has 0 spiro atoms. The second-order valence-corrected chi connectivity index (χ2v) is 7.80. The Balaban J connectivity index is 1.59. The van der Waals surface area contributed by atoms with Crippen LogP contribution in [-0.4, -0.2) is 36.4 Å². The number of hydrogen-bond donors (Lipinski definition) is 2. The van der Waals surface area contributed by atoms with E-state index in [1.165, 1.54) is 11.1 Å². The zero-order valence-electron chi connectivity index (χ0n) is 17.2. The molecule has 1 saturated heterocycles. The van der Waals surface area contributed by atoms with Crippen LogP contribution in [0.2, 0.25) is 0 Å². The number of piperidine rings is 1. The van der Waals surface area contributed by atoms with Gasteiger partial charge in [0.05, 0.1) is 18.7 Å². The topological polar surface area (TPSA) is 57.6 Å². The third-order valence-electron chi connectivity index (χ3n) is 5.62. The van der Waals surface area contributed by atoms with Gasteiger partial charge in [0.15, 0.2) is 0 Å². The van der Waals surface area contributed by atoms with Crippen molar-refractivity contribution in [1.82, 2.24) is 10.3 Å². The van der Waals surface area contributed by atoms with E-state index in [2.05, 4.69) is 47.5 Å². The van der Waals surface area contributed by atoms with Crippen molar-refractivity contribution in [3.05, 3.63) is 65.2 Å². The lowest BCUT2D eigenvalue weighted by molar-refractivity contribution is 0.145. The maximum Gasteiger partial charge on any atom is 0.133 e. The molecule has 0 aliphatic carbocycles. The summed E-state index contributed by atoms with van der Waals surface area (Å²) in [5.74, 6) is 1.93. The smallest absolute Gasteiger partial charge is 0.133 e. The van der Waals surface area contributed by atoms with E-state index >= 15 is 0 Å². The number of nitrogens with zero attached hydrogens (tertiary/aromatic N) is 2. The SMILES string of the molecule is COc1ccccc1CNCc1cc2ccc(C)cc2nc1N1CCC(O)CC1. The number of para-hydroxylation sites is 1. The molecule has 0 atom stereocenters. The Hall–Kier alpha value is -2.63. The van der Waals surface area contributed by atoms with Gasteiger partial charge in [0.2, 0.25) is 0 Å². The van der Waals surface area contributed by atoms with Crippen molar-refractivity contribution in [3.63, 3.8) is 0 Å². The lowest BCUT2D eigenvalue weighted by Gasteiger charge is -2.32. The molecule has 0 amide bonds. The summed E-state index contributed by atoms with van der Waals surface area (Å²) >= 11 is 0. The van der Waals surface area contributed by atoms with Gasteiger partial charge in [-0.15, -0.1) is 0 Å². The first-order chi connectivity index (χ1) is 14.1. The Morgan fingerprint density at radius 2 is 1.83 bits per heavy atom. The molecule has 0 bridgehead atoms. The number of pyridine rings is 1. The quantitative estimate of drug-likeness (QED) is 0.669. The van der Waals surface area contributed by atoms with Crippen LogP contribution in [0.4, 0.5) is 5.82 Å². The van der Waals surface area contributed by atoms with Gasteiger partial charge < -0.3 is 20.1 Å². The van der Waals surface area contributed by atoms with E-state index in [1.807, 2.05) is 18.2 Å². The Morgan fingerprint density at radius 3 is 2.62 bits per heavy atom. The van der Waals surface area contributed by atoms with Crippen LogP contribution in [-0.2, 0) is 13.1 Å². The van der Waals surface area contributed by atoms with Gasteiger partial charge in [-0.25, -0.2) is 4.98 Å². The monoisotopic (exact) mass is 391 g/mol. The molecule has 1 aliphatic rings. The van der Waals surface area contributed by atoms with E-state index in [4.69, 9.17) is 9.72 Å². The van der Waals surface area contributed by atoms with E-state index in [0.29, 0.717) is 0 Å². The molecule has 1 aromatic heterocycles. The fourth-order valence-electron chi connectivity index (χ4n) is 3.97. The van der Waals surface area contributed by atoms with Crippen LogP contribution in [0, 0.1) is 6.92 Å². The van der Waals surface area contributed by atoms with Crippen molar-refractivity contribution in [2.45, 2.75) is 39.0 Å². The predicted octanol–water partition coefficient (Wildman–Crippen LogP) is 3.80. The molecule has 5 nitrogen and oxygen atoms in total. The molecule has 3 aromatic rings. The molecule has 4 rings (SSSR count). The molecule has 0 unspecified atom stereocenters. The fourth-order valence-corrected chi connectivity index (χ4v) is 3.97. The number of aromatic nitrogens is 1. The molecule has 1 fully saturated rings. The van der Waals surface area contributed by atoms with E-state index in [9.17, 15) is 5.11 Å². The summed E-state index contributed by atoms with van der Waals surface area (Å²) in [5.41, 5.74) is 4.57. The van der Waals surface area contributed by atoms with Gasteiger partial charge >= 0.3 is 0 Å². The number of ether oxygens (including phenoxy) is 1. The maximum atomic E-state index is 9.90. The molecular weight excluding hydrogens is 362 g/mol. The largest absolute Gasteiger partial charge is 0.496 e. The number of fused-ring (bicyclic) bond motifs is 1. The highest BCUT2D eigenvalue weighted by Crippen LogP contribution is 2.27. The normalized spacial score (nSPS) is 15.1. The Labute approximate surface area is 172 Å². The van der Waals surface area contributed by atoms with Crippen LogP contribution in [0.5, 0.6) is 5.75 Å². The molecule has 2 aromatic carbocycles. The van der Waals surface area contributed by atoms with Gasteiger partial charge in [0, 0.05) is 42.7 Å². The van der Waals surface area contributed by atoms with Crippen molar-refractivity contribution in [1.29, 1.82) is 0 Å². The second-order valence-electron chi connectivity index (χ2n) is 7.80. The Morgan fingerprint density at radius 1 is 1.07 bits per heavy atom. The van der Waals surface area contributed by atoms with Crippen LogP contribution >= 0.6 is 0 Å². The van der Waals surface area contributed by atoms with Crippen molar-refractivity contribution in [2.75, 3.05) is 25.1 Å². The summed E-state index contributed by atoms with van der Waals surface area (Å²) in [6.07, 6.45) is 1.39. The van der Waals surface area contributed by atoms with Crippen molar-refractivity contribution < 1.29 is 9.84 Å². The number of aliphatic hydroxyl groups is 1. The molecule has 1 aliphatic heterocycles. The number of rotatable bonds is 6. The van der Waals surface area contributed by atoms with Gasteiger partial charge in [-0.3, -0.25) is 0 Å². The molecule has 0 radical (unpaired) electrons. The van der Waals surface area contributed by atoms with Crippen LogP contribution in [0.15, 0.2) is 48.5 Å². The lowest BCUT2D eigenvalue weighted by atomic mass is 10.1. The molecule has 2 heterocycles. The highest BCUT2D eigenvalue weighted by molar-refractivity contribution is 5.82. The summed E-state index contributed by atoms with van der Waals surface area (Å²) in [6.45, 7) is 5.23. The molecule has 0 saturated carbocycles. The summed E-state index contributed by atoms with van der Waals surface area (Å²) in [5, 5.41) is 14.6. The first kappa shape index (κ1) is 19.7. The maximum absolute atomic E-state index is 9.90. The van der Waals surface area contributed by atoms with E-state index in [1.54, 1.807) is 7.11 Å². The minimum atomic E-state index is -0.193. The van der Waals surface area contributed by atoms with Crippen LogP contribution < -0.4 is 15.0 Å². The van der Waals surface area contributed by atoms with Crippen molar-refractivity contribution in [3.8, 4) is 5.75 Å². The summed E-state index contributed by atoms with van der Waals surface area (Å²) in [7, 11) is 1.71. The average molecular weight is 392 g/mol. The van der Waals surface area contributed by atoms with E-state index < -0.39 is 0 Å². The zero-order chi connectivity index (χ0) is 20.2. The molecule has 29 heavy (non-hydrogen) atoms. The minimum Gasteiger partial charge on any atom is -0.496 e. The number of aliphatic hydroxyl groups excluding tert-OH is 1. The van der Waals surface area contributed by atoms with Crippen LogP contribution in [0.1, 0.15) is 29.5 Å². The fraction of sp³-hybridized carbons (Fsp3) is 0.375. The predicted molar refractivity (Wildman–Crippen MR) is 117 cm³/mol. The summed E-state index contributed by atoms with van der Waals surface area (Å²) < 4.78 is 5.46. The lowest BCUT2D eigenvalue weighted by Crippen LogP contribution is -2.37. The number of anilines is 1. The number of nitrogens with one attached hydrogen (secondary N) is 1. The van der Waals surface area contributed by atoms with Gasteiger partial charge in [0.1, 0.15) is 11.6 Å². The van der Waals surface area contributed by atoms with Gasteiger partial charge in [-0.1, -0.05) is 30.3 Å². The number of aryl methyl sites for hydroxylation is 1. The third-order valence-corrected chi connectivity index (χ3v) is 5.62. The number of benzene rings is 2. The van der Waals surface area contributed by atoms with Gasteiger partial charge in [-0.05, 0) is 43.5 Å². The van der Waals surface area contributed by atoms with Gasteiger partial charge in [0.25, 0.3) is 0 Å². The third kappa shape index (κ3) is 4.52. The van der Waals surface area contributed by atoms with Crippen molar-refractivity contribution in [2.24, 2.45) is 0 Å². The molecule has 152 valence electrons. The highest BCUT2D eigenvalue weighted by Gasteiger charge is 2.21. The van der Waals surface area contributed by atoms with Crippen LogP contribution in [0.25, 0.3) is 10.9 Å². The molecule has 2 N–H and O–H groups in total. The second kappa shape index (κ2) is 8.80. The van der Waals surface area contributed by atoms with E-state index in [0.717, 1.165) is 67.1 Å².